The minimum absolute atomic E-state index is 0.0852. The second-order valence-electron chi connectivity index (χ2n) is 12.8. The monoisotopic (exact) mass is 710 g/mol. The van der Waals surface area contributed by atoms with E-state index in [4.69, 9.17) is 20.7 Å². The van der Waals surface area contributed by atoms with Crippen molar-refractivity contribution in [2.75, 3.05) is 12.3 Å². The van der Waals surface area contributed by atoms with Gasteiger partial charge in [-0.3, -0.25) is 9.35 Å². The van der Waals surface area contributed by atoms with Crippen LogP contribution in [0.2, 0.25) is 5.02 Å². The fourth-order valence-electron chi connectivity index (χ4n) is 5.36. The Kier molecular flexibility index (Phi) is 10.4. The lowest BCUT2D eigenvalue weighted by atomic mass is 9.83. The molecule has 1 aromatic heterocycles. The Balaban J connectivity index is 1.48. The molecule has 2 N–H and O–H groups in total. The molecule has 1 unspecified atom stereocenters. The minimum atomic E-state index is -4.60. The lowest BCUT2D eigenvalue weighted by molar-refractivity contribution is -0.137. The average Bonchev–Trinajstić information content (AvgIpc) is 3.53. The second kappa shape index (κ2) is 14.2. The van der Waals surface area contributed by atoms with Crippen LogP contribution >= 0.6 is 11.6 Å². The summed E-state index contributed by atoms with van der Waals surface area (Å²) in [6.07, 6.45) is -4.18. The standard InChI is InChI=1S/C37H34ClF3N2O5S/c1-36(2,3)29-12-8-25(9-13-29)32(18-23-4-6-26(7-5-23)35(44)42-16-17-49(45,46)47)33-22-34(48-43-33)28-19-27(20-30(21-28)37(39,40)41)24-10-14-31(38)15-11-24/h4-15,19-22,32H,16-18H2,1-3H3,(H,42,44)(H,45,46,47). The van der Waals surface area contributed by atoms with E-state index in [1.165, 1.54) is 0 Å². The Morgan fingerprint density at radius 3 is 2.08 bits per heavy atom. The SMILES string of the molecule is CC(C)(C)c1ccc(C(Cc2ccc(C(=O)NCCS(=O)(=O)O)cc2)c2cc(-c3cc(-c4ccc(Cl)cc4)cc(C(F)(F)F)c3)on2)cc1. The van der Waals surface area contributed by atoms with Gasteiger partial charge in [0.2, 0.25) is 0 Å². The van der Waals surface area contributed by atoms with Crippen LogP contribution in [0.5, 0.6) is 0 Å². The van der Waals surface area contributed by atoms with Crippen LogP contribution in [0.15, 0.2) is 102 Å². The van der Waals surface area contributed by atoms with Crippen LogP contribution in [0, 0.1) is 0 Å². The van der Waals surface area contributed by atoms with Gasteiger partial charge in [-0.25, -0.2) is 0 Å². The predicted octanol–water partition coefficient (Wildman–Crippen LogP) is 8.97. The number of rotatable bonds is 10. The van der Waals surface area contributed by atoms with Crippen molar-refractivity contribution >= 4 is 27.6 Å². The molecule has 12 heteroatoms. The zero-order chi connectivity index (χ0) is 35.6. The maximum Gasteiger partial charge on any atom is 0.416 e. The largest absolute Gasteiger partial charge is 0.416 e. The summed E-state index contributed by atoms with van der Waals surface area (Å²) in [7, 11) is -4.21. The molecule has 1 heterocycles. The van der Waals surface area contributed by atoms with E-state index in [0.717, 1.165) is 28.8 Å². The third-order valence-electron chi connectivity index (χ3n) is 8.09. The number of aromatic nitrogens is 1. The molecule has 5 aromatic rings. The molecular formula is C37H34ClF3N2O5S. The summed E-state index contributed by atoms with van der Waals surface area (Å²) < 4.78 is 78.6. The highest BCUT2D eigenvalue weighted by Gasteiger charge is 2.32. The Morgan fingerprint density at radius 2 is 1.49 bits per heavy atom. The molecule has 1 atom stereocenters. The highest BCUT2D eigenvalue weighted by Crippen LogP contribution is 2.38. The number of hydrogen-bond donors (Lipinski definition) is 2. The first-order valence-electron chi connectivity index (χ1n) is 15.3. The minimum Gasteiger partial charge on any atom is -0.356 e. The molecule has 0 saturated carbocycles. The van der Waals surface area contributed by atoms with E-state index in [1.54, 1.807) is 60.7 Å². The Bertz CT molecular complexity index is 2040. The number of nitrogens with zero attached hydrogens (tertiary/aromatic N) is 1. The first kappa shape index (κ1) is 35.8. The smallest absolute Gasteiger partial charge is 0.356 e. The van der Waals surface area contributed by atoms with Gasteiger partial charge in [-0.05, 0) is 82.1 Å². The van der Waals surface area contributed by atoms with Crippen LogP contribution < -0.4 is 5.32 Å². The molecular weight excluding hydrogens is 677 g/mol. The molecule has 0 radical (unpaired) electrons. The molecule has 7 nitrogen and oxygen atoms in total. The molecule has 0 fully saturated rings. The fourth-order valence-corrected chi connectivity index (χ4v) is 5.85. The van der Waals surface area contributed by atoms with Gasteiger partial charge in [-0.2, -0.15) is 21.6 Å². The van der Waals surface area contributed by atoms with E-state index in [0.29, 0.717) is 33.8 Å². The normalized spacial score (nSPS) is 12.9. The van der Waals surface area contributed by atoms with Gasteiger partial charge in [0.25, 0.3) is 16.0 Å². The third-order valence-corrected chi connectivity index (χ3v) is 9.06. The van der Waals surface area contributed by atoms with Gasteiger partial charge in [-0.15, -0.1) is 0 Å². The first-order chi connectivity index (χ1) is 23.0. The molecule has 256 valence electrons. The molecule has 4 aromatic carbocycles. The maximum absolute atomic E-state index is 14.0. The van der Waals surface area contributed by atoms with Crippen LogP contribution in [0.1, 0.15) is 65.0 Å². The lowest BCUT2D eigenvalue weighted by Crippen LogP contribution is -2.28. The number of alkyl halides is 3. The summed E-state index contributed by atoms with van der Waals surface area (Å²) in [5.74, 6) is -1.29. The van der Waals surface area contributed by atoms with E-state index >= 15 is 0 Å². The van der Waals surface area contributed by atoms with Crippen LogP contribution in [0.25, 0.3) is 22.5 Å². The van der Waals surface area contributed by atoms with E-state index < -0.39 is 33.5 Å². The molecule has 0 spiro atoms. The highest BCUT2D eigenvalue weighted by atomic mass is 35.5. The first-order valence-corrected chi connectivity index (χ1v) is 17.3. The summed E-state index contributed by atoms with van der Waals surface area (Å²) in [5.41, 5.74) is 3.88. The predicted molar refractivity (Wildman–Crippen MR) is 183 cm³/mol. The Labute approximate surface area is 287 Å². The number of halogens is 4. The molecule has 0 saturated heterocycles. The molecule has 1 amide bonds. The average molecular weight is 711 g/mol. The summed E-state index contributed by atoms with van der Waals surface area (Å²) in [6.45, 7) is 6.08. The number of carbonyl (C=O) groups excluding carboxylic acids is 1. The number of nitrogens with one attached hydrogen (secondary N) is 1. The van der Waals surface area contributed by atoms with Gasteiger partial charge in [-0.1, -0.05) is 86.1 Å². The van der Waals surface area contributed by atoms with Gasteiger partial charge >= 0.3 is 6.18 Å². The number of benzene rings is 4. The summed E-state index contributed by atoms with van der Waals surface area (Å²) in [5, 5.41) is 7.25. The molecule has 0 aliphatic rings. The highest BCUT2D eigenvalue weighted by molar-refractivity contribution is 7.85. The van der Waals surface area contributed by atoms with Crippen molar-refractivity contribution in [1.82, 2.24) is 10.5 Å². The van der Waals surface area contributed by atoms with Crippen LogP contribution in [-0.2, 0) is 28.1 Å². The second-order valence-corrected chi connectivity index (χ2v) is 14.8. The van der Waals surface area contributed by atoms with Crippen molar-refractivity contribution in [3.8, 4) is 22.5 Å². The zero-order valence-electron chi connectivity index (χ0n) is 26.9. The molecule has 0 bridgehead atoms. The molecule has 0 aliphatic carbocycles. The van der Waals surface area contributed by atoms with Crippen molar-refractivity contribution in [3.05, 3.63) is 136 Å². The Morgan fingerprint density at radius 1 is 0.857 bits per heavy atom. The number of amides is 1. The van der Waals surface area contributed by atoms with Crippen molar-refractivity contribution in [2.45, 2.75) is 44.7 Å². The number of hydrogen-bond acceptors (Lipinski definition) is 5. The quantitative estimate of drug-likeness (QED) is 0.140. The molecule has 0 aliphatic heterocycles. The van der Waals surface area contributed by atoms with Gasteiger partial charge in [0, 0.05) is 34.7 Å². The third kappa shape index (κ3) is 9.38. The summed E-state index contributed by atoms with van der Waals surface area (Å²) >= 11 is 6.01. The fraction of sp³-hybridized carbons (Fsp3) is 0.243. The van der Waals surface area contributed by atoms with Crippen molar-refractivity contribution in [2.24, 2.45) is 0 Å². The van der Waals surface area contributed by atoms with E-state index in [9.17, 15) is 26.4 Å². The van der Waals surface area contributed by atoms with Gasteiger partial charge in [0.15, 0.2) is 5.76 Å². The van der Waals surface area contributed by atoms with Gasteiger partial charge in [0.05, 0.1) is 17.0 Å². The molecule has 5 rings (SSSR count). The van der Waals surface area contributed by atoms with E-state index in [1.807, 2.05) is 24.3 Å². The van der Waals surface area contributed by atoms with Crippen molar-refractivity contribution < 1.29 is 35.5 Å². The summed E-state index contributed by atoms with van der Waals surface area (Å²) in [4.78, 5) is 12.5. The topological polar surface area (TPSA) is 110 Å². The van der Waals surface area contributed by atoms with Crippen molar-refractivity contribution in [1.29, 1.82) is 0 Å². The summed E-state index contributed by atoms with van der Waals surface area (Å²) in [6, 6.07) is 26.7. The van der Waals surface area contributed by atoms with Crippen LogP contribution in [0.4, 0.5) is 13.2 Å². The van der Waals surface area contributed by atoms with Gasteiger partial charge < -0.3 is 9.84 Å². The number of carbonyl (C=O) groups is 1. The van der Waals surface area contributed by atoms with E-state index in [-0.39, 0.29) is 29.2 Å². The zero-order valence-corrected chi connectivity index (χ0v) is 28.5. The molecule has 49 heavy (non-hydrogen) atoms. The lowest BCUT2D eigenvalue weighted by Gasteiger charge is -2.21. The van der Waals surface area contributed by atoms with Gasteiger partial charge in [0.1, 0.15) is 0 Å². The van der Waals surface area contributed by atoms with Crippen LogP contribution in [-0.4, -0.2) is 36.3 Å². The van der Waals surface area contributed by atoms with E-state index in [2.05, 4.69) is 31.2 Å². The van der Waals surface area contributed by atoms with Crippen molar-refractivity contribution in [3.63, 3.8) is 0 Å². The Hall–Kier alpha value is -4.45. The maximum atomic E-state index is 14.0. The van der Waals surface area contributed by atoms with Crippen LogP contribution in [0.3, 0.4) is 0 Å².